The van der Waals surface area contributed by atoms with Gasteiger partial charge in [-0.15, -0.1) is 0 Å². The number of hydrogen-bond acceptors (Lipinski definition) is 4. The van der Waals surface area contributed by atoms with E-state index in [1.807, 2.05) is 36.4 Å². The van der Waals surface area contributed by atoms with Gasteiger partial charge in [-0.25, -0.2) is 9.97 Å². The van der Waals surface area contributed by atoms with Gasteiger partial charge in [-0.2, -0.15) is 10.5 Å². The van der Waals surface area contributed by atoms with Crippen LogP contribution in [0.15, 0.2) is 115 Å². The normalized spacial score (nSPS) is 22.3. The highest BCUT2D eigenvalue weighted by atomic mass is 14.9. The van der Waals surface area contributed by atoms with E-state index in [1.54, 1.807) is 23.8 Å². The Labute approximate surface area is 275 Å². The zero-order chi connectivity index (χ0) is 31.5. The molecule has 0 aliphatic heterocycles. The van der Waals surface area contributed by atoms with Crippen LogP contribution in [0.25, 0.3) is 55.8 Å². The largest absolute Gasteiger partial charge is 0.228 e. The van der Waals surface area contributed by atoms with E-state index in [1.165, 1.54) is 48.4 Å². The van der Waals surface area contributed by atoms with Crippen molar-refractivity contribution < 1.29 is 0 Å². The summed E-state index contributed by atoms with van der Waals surface area (Å²) in [4.78, 5) is 9.97. The van der Waals surface area contributed by atoms with Gasteiger partial charge >= 0.3 is 0 Å². The number of aromatic nitrogens is 2. The maximum atomic E-state index is 9.65. The van der Waals surface area contributed by atoms with Crippen molar-refractivity contribution in [3.63, 3.8) is 0 Å². The quantitative estimate of drug-likeness (QED) is 0.196. The van der Waals surface area contributed by atoms with Gasteiger partial charge in [0.05, 0.1) is 34.7 Å². The van der Waals surface area contributed by atoms with Gasteiger partial charge in [-0.1, -0.05) is 84.9 Å². The monoisotopic (exact) mass is 604 g/mol. The maximum absolute atomic E-state index is 9.65. The number of benzene rings is 5. The summed E-state index contributed by atoms with van der Waals surface area (Å²) in [6, 6.07) is 43.9. The van der Waals surface area contributed by atoms with Crippen LogP contribution < -0.4 is 0 Å². The molecule has 9 rings (SSSR count). The molecule has 3 aliphatic carbocycles. The van der Waals surface area contributed by atoms with Gasteiger partial charge < -0.3 is 0 Å². The van der Waals surface area contributed by atoms with E-state index >= 15 is 0 Å². The van der Waals surface area contributed by atoms with Crippen LogP contribution in [0.1, 0.15) is 48.8 Å². The summed E-state index contributed by atoms with van der Waals surface area (Å²) in [5.74, 6) is 3.39. The molecule has 0 spiro atoms. The SMILES string of the molecule is N#Cc1cc(C#N)cc(-c2cc(-c3cccc(-c4ccc(C56C[C@H]7CC[C@@H](C5)[C@@H]7C6)c5ccccc45)c3)nc(-c3ccccc3)n2)c1. The lowest BCUT2D eigenvalue weighted by Gasteiger charge is -2.31. The molecule has 47 heavy (non-hydrogen) atoms. The smallest absolute Gasteiger partial charge is 0.160 e. The van der Waals surface area contributed by atoms with Crippen LogP contribution in [0, 0.1) is 40.4 Å². The summed E-state index contributed by atoms with van der Waals surface area (Å²) in [6.07, 6.45) is 6.95. The van der Waals surface area contributed by atoms with Gasteiger partial charge in [0, 0.05) is 16.7 Å². The van der Waals surface area contributed by atoms with Gasteiger partial charge in [0.1, 0.15) is 0 Å². The molecular weight excluding hydrogens is 573 g/mol. The van der Waals surface area contributed by atoms with Crippen LogP contribution in [0.5, 0.6) is 0 Å². The summed E-state index contributed by atoms with van der Waals surface area (Å²) in [6.45, 7) is 0. The maximum Gasteiger partial charge on any atom is 0.160 e. The van der Waals surface area contributed by atoms with E-state index < -0.39 is 0 Å². The van der Waals surface area contributed by atoms with Gasteiger partial charge in [-0.05, 0) is 113 Å². The first-order chi connectivity index (χ1) is 23.1. The minimum atomic E-state index is 0.343. The third-order valence-electron chi connectivity index (χ3n) is 11.3. The van der Waals surface area contributed by atoms with Crippen LogP contribution >= 0.6 is 0 Å². The first-order valence-electron chi connectivity index (χ1n) is 16.6. The second-order valence-electron chi connectivity index (χ2n) is 13.8. The molecule has 0 N–H and O–H groups in total. The molecule has 0 radical (unpaired) electrons. The molecule has 3 aliphatic rings. The molecule has 1 unspecified atom stereocenters. The average Bonchev–Trinajstić information content (AvgIpc) is 3.77. The van der Waals surface area contributed by atoms with Crippen LogP contribution in [0.4, 0.5) is 0 Å². The molecule has 1 aromatic heterocycles. The number of nitrogens with zero attached hydrogens (tertiary/aromatic N) is 4. The van der Waals surface area contributed by atoms with Gasteiger partial charge in [0.15, 0.2) is 5.82 Å². The first-order valence-corrected chi connectivity index (χ1v) is 16.6. The van der Waals surface area contributed by atoms with Crippen LogP contribution in [0.3, 0.4) is 0 Å². The molecule has 4 heteroatoms. The number of rotatable bonds is 5. The zero-order valence-corrected chi connectivity index (χ0v) is 26.0. The molecule has 0 amide bonds. The Kier molecular flexibility index (Phi) is 6.34. The Morgan fingerprint density at radius 1 is 0.553 bits per heavy atom. The van der Waals surface area contributed by atoms with E-state index in [-0.39, 0.29) is 0 Å². The van der Waals surface area contributed by atoms with Crippen LogP contribution in [-0.2, 0) is 5.41 Å². The van der Waals surface area contributed by atoms with Crippen LogP contribution in [0.2, 0.25) is 0 Å². The fourth-order valence-corrected chi connectivity index (χ4v) is 9.34. The van der Waals surface area contributed by atoms with Crippen molar-refractivity contribution in [1.29, 1.82) is 10.5 Å². The molecule has 0 saturated heterocycles. The fourth-order valence-electron chi connectivity index (χ4n) is 9.34. The minimum absolute atomic E-state index is 0.343. The number of nitriles is 2. The topological polar surface area (TPSA) is 73.4 Å². The molecule has 3 fully saturated rings. The number of hydrogen-bond donors (Lipinski definition) is 0. The lowest BCUT2D eigenvalue weighted by Crippen LogP contribution is -2.23. The third-order valence-corrected chi connectivity index (χ3v) is 11.3. The Morgan fingerprint density at radius 3 is 1.89 bits per heavy atom. The standard InChI is InChI=1S/C43H32N4/c44-25-27-17-28(26-45)19-34(18-27)41-21-40(46-42(47-41)29-7-2-1-3-8-29)31-10-6-9-30(20-31)35-15-16-39(37-12-5-4-11-36(35)37)43-22-32-13-14-33(23-43)38(32)24-43/h1-12,15-21,32-33,38H,13-14,22-24H2/t32-,33+,38-,43?. The van der Waals surface area contributed by atoms with Crippen molar-refractivity contribution in [3.05, 3.63) is 132 Å². The highest BCUT2D eigenvalue weighted by molar-refractivity contribution is 5.99. The second kappa shape index (κ2) is 10.8. The molecule has 3 saturated carbocycles. The molecule has 1 heterocycles. The molecule has 2 bridgehead atoms. The lowest BCUT2D eigenvalue weighted by molar-refractivity contribution is 0.309. The Hall–Kier alpha value is -5.58. The summed E-state index contributed by atoms with van der Waals surface area (Å²) in [7, 11) is 0. The van der Waals surface area contributed by atoms with Crippen molar-refractivity contribution >= 4 is 10.8 Å². The highest BCUT2D eigenvalue weighted by Gasteiger charge is 2.58. The van der Waals surface area contributed by atoms with Crippen molar-refractivity contribution in [3.8, 4) is 57.2 Å². The van der Waals surface area contributed by atoms with Gasteiger partial charge in [0.2, 0.25) is 0 Å². The summed E-state index contributed by atoms with van der Waals surface area (Å²) < 4.78 is 0. The molecule has 6 aromatic rings. The summed E-state index contributed by atoms with van der Waals surface area (Å²) in [5.41, 5.74) is 9.20. The van der Waals surface area contributed by atoms with E-state index in [2.05, 4.69) is 72.8 Å². The molecule has 5 aromatic carbocycles. The zero-order valence-electron chi connectivity index (χ0n) is 26.0. The molecule has 4 atom stereocenters. The van der Waals surface area contributed by atoms with Crippen molar-refractivity contribution in [2.75, 3.05) is 0 Å². The second-order valence-corrected chi connectivity index (χ2v) is 13.8. The summed E-state index contributed by atoms with van der Waals surface area (Å²) in [5, 5.41) is 22.0. The predicted molar refractivity (Wildman–Crippen MR) is 186 cm³/mol. The highest BCUT2D eigenvalue weighted by Crippen LogP contribution is 2.67. The van der Waals surface area contributed by atoms with Crippen molar-refractivity contribution in [1.82, 2.24) is 9.97 Å². The minimum Gasteiger partial charge on any atom is -0.228 e. The Morgan fingerprint density at radius 2 is 1.19 bits per heavy atom. The van der Waals surface area contributed by atoms with Crippen molar-refractivity contribution in [2.24, 2.45) is 17.8 Å². The van der Waals surface area contributed by atoms with Gasteiger partial charge in [0.25, 0.3) is 0 Å². The molecule has 224 valence electrons. The van der Waals surface area contributed by atoms with Crippen molar-refractivity contribution in [2.45, 2.75) is 37.5 Å². The molecular formula is C43H32N4. The van der Waals surface area contributed by atoms with Crippen LogP contribution in [-0.4, -0.2) is 9.97 Å². The third kappa shape index (κ3) is 4.56. The lowest BCUT2D eigenvalue weighted by atomic mass is 9.73. The predicted octanol–water partition coefficient (Wildman–Crippen LogP) is 10.1. The number of fused-ring (bicyclic) bond motifs is 2. The van der Waals surface area contributed by atoms with E-state index in [9.17, 15) is 10.5 Å². The van der Waals surface area contributed by atoms with E-state index in [4.69, 9.17) is 9.97 Å². The Balaban J connectivity index is 1.17. The molecule has 4 nitrogen and oxygen atoms in total. The average molecular weight is 605 g/mol. The first kappa shape index (κ1) is 27.7. The van der Waals surface area contributed by atoms with E-state index in [0.717, 1.165) is 40.1 Å². The summed E-state index contributed by atoms with van der Waals surface area (Å²) >= 11 is 0. The fraction of sp³-hybridized carbons (Fsp3) is 0.209. The Bertz CT molecular complexity index is 2240. The van der Waals surface area contributed by atoms with Gasteiger partial charge in [-0.3, -0.25) is 0 Å². The van der Waals surface area contributed by atoms with E-state index in [0.29, 0.717) is 33.6 Å².